The average molecular weight is 233 g/mol. The van der Waals surface area contributed by atoms with Crippen molar-refractivity contribution in [3.8, 4) is 11.8 Å². The summed E-state index contributed by atoms with van der Waals surface area (Å²) in [5, 5.41) is 3.60. The van der Waals surface area contributed by atoms with Crippen LogP contribution in [0.5, 0.6) is 0 Å². The minimum Gasteiger partial charge on any atom is -0.378 e. The zero-order chi connectivity index (χ0) is 12.3. The Bertz CT molecular complexity index is 338. The fourth-order valence-electron chi connectivity index (χ4n) is 2.28. The first-order valence-corrected chi connectivity index (χ1v) is 6.59. The lowest BCUT2D eigenvalue weighted by atomic mass is 9.79. The van der Waals surface area contributed by atoms with Crippen molar-refractivity contribution in [2.24, 2.45) is 11.3 Å². The van der Waals surface area contributed by atoms with Crippen molar-refractivity contribution in [1.82, 2.24) is 5.32 Å². The topological polar surface area (TPSA) is 21.3 Å². The Morgan fingerprint density at radius 3 is 2.47 bits per heavy atom. The summed E-state index contributed by atoms with van der Waals surface area (Å²) in [4.78, 5) is 0. The predicted octanol–water partition coefficient (Wildman–Crippen LogP) is 2.36. The van der Waals surface area contributed by atoms with Crippen LogP contribution < -0.4 is 5.32 Å². The molecule has 1 heterocycles. The van der Waals surface area contributed by atoms with Gasteiger partial charge in [0.05, 0.1) is 19.3 Å². The molecule has 2 fully saturated rings. The standard InChI is InChI=1S/C15H23NO/c1-4-6-15(2,3)7-5-12-8-13(9-12)16-14-10-17-11-14/h4,6,12-14,16H,8-11H2,1-3H3/b6-4-. The lowest BCUT2D eigenvalue weighted by Gasteiger charge is -2.38. The fourth-order valence-corrected chi connectivity index (χ4v) is 2.28. The number of ether oxygens (including phenoxy) is 1. The third kappa shape index (κ3) is 3.59. The molecule has 0 aromatic heterocycles. The highest BCUT2D eigenvalue weighted by Crippen LogP contribution is 2.28. The van der Waals surface area contributed by atoms with Gasteiger partial charge in [-0.1, -0.05) is 24.0 Å². The summed E-state index contributed by atoms with van der Waals surface area (Å²) in [6, 6.07) is 1.28. The Labute approximate surface area is 105 Å². The Balaban J connectivity index is 1.71. The summed E-state index contributed by atoms with van der Waals surface area (Å²) in [5.74, 6) is 7.38. The minimum absolute atomic E-state index is 0.0229. The highest BCUT2D eigenvalue weighted by atomic mass is 16.5. The maximum atomic E-state index is 5.15. The number of allylic oxidation sites excluding steroid dienone is 2. The van der Waals surface area contributed by atoms with Crippen molar-refractivity contribution in [2.45, 2.75) is 45.7 Å². The molecular formula is C15H23NO. The van der Waals surface area contributed by atoms with Crippen LogP contribution in [-0.2, 0) is 4.74 Å². The second-order valence-corrected chi connectivity index (χ2v) is 5.76. The quantitative estimate of drug-likeness (QED) is 0.597. The summed E-state index contributed by atoms with van der Waals surface area (Å²) < 4.78 is 5.15. The molecule has 1 saturated carbocycles. The van der Waals surface area contributed by atoms with Crippen molar-refractivity contribution in [1.29, 1.82) is 0 Å². The van der Waals surface area contributed by atoms with Crippen LogP contribution in [0.3, 0.4) is 0 Å². The minimum atomic E-state index is 0.0229. The van der Waals surface area contributed by atoms with Crippen LogP contribution in [0, 0.1) is 23.2 Å². The summed E-state index contributed by atoms with van der Waals surface area (Å²) in [7, 11) is 0. The summed E-state index contributed by atoms with van der Waals surface area (Å²) >= 11 is 0. The van der Waals surface area contributed by atoms with Gasteiger partial charge in [0, 0.05) is 17.4 Å². The van der Waals surface area contributed by atoms with E-state index in [-0.39, 0.29) is 5.41 Å². The summed E-state index contributed by atoms with van der Waals surface area (Å²) in [6.07, 6.45) is 6.65. The molecule has 94 valence electrons. The van der Waals surface area contributed by atoms with Crippen molar-refractivity contribution in [3.63, 3.8) is 0 Å². The van der Waals surface area contributed by atoms with Gasteiger partial charge in [0.25, 0.3) is 0 Å². The van der Waals surface area contributed by atoms with Gasteiger partial charge >= 0.3 is 0 Å². The SMILES string of the molecule is C/C=C\C(C)(C)C#CC1CC(NC2COC2)C1. The van der Waals surface area contributed by atoms with Crippen molar-refractivity contribution < 1.29 is 4.74 Å². The van der Waals surface area contributed by atoms with E-state index in [0.717, 1.165) is 13.2 Å². The Morgan fingerprint density at radius 2 is 1.94 bits per heavy atom. The zero-order valence-electron chi connectivity index (χ0n) is 11.1. The van der Waals surface area contributed by atoms with Crippen molar-refractivity contribution in [2.75, 3.05) is 13.2 Å². The van der Waals surface area contributed by atoms with Crippen LogP contribution >= 0.6 is 0 Å². The van der Waals surface area contributed by atoms with E-state index in [9.17, 15) is 0 Å². The first kappa shape index (κ1) is 12.7. The van der Waals surface area contributed by atoms with E-state index in [2.05, 4.69) is 43.2 Å². The third-order valence-electron chi connectivity index (χ3n) is 3.43. The molecule has 0 amide bonds. The van der Waals surface area contributed by atoms with Gasteiger partial charge in [0.1, 0.15) is 0 Å². The van der Waals surface area contributed by atoms with E-state index in [4.69, 9.17) is 4.74 Å². The van der Waals surface area contributed by atoms with Gasteiger partial charge in [0.2, 0.25) is 0 Å². The largest absolute Gasteiger partial charge is 0.378 e. The molecule has 2 heteroatoms. The maximum Gasteiger partial charge on any atom is 0.0643 e. The molecule has 0 aromatic rings. The van der Waals surface area contributed by atoms with Gasteiger partial charge in [-0.15, -0.1) is 0 Å². The van der Waals surface area contributed by atoms with Crippen molar-refractivity contribution >= 4 is 0 Å². The summed E-state index contributed by atoms with van der Waals surface area (Å²) in [5.41, 5.74) is 0.0229. The second kappa shape index (κ2) is 5.25. The van der Waals surface area contributed by atoms with E-state index in [0.29, 0.717) is 18.0 Å². The van der Waals surface area contributed by atoms with Gasteiger partial charge in [-0.2, -0.15) is 0 Å². The normalized spacial score (nSPS) is 29.4. The molecule has 0 atom stereocenters. The van der Waals surface area contributed by atoms with Crippen LogP contribution in [0.1, 0.15) is 33.6 Å². The van der Waals surface area contributed by atoms with E-state index >= 15 is 0 Å². The van der Waals surface area contributed by atoms with Gasteiger partial charge in [0.15, 0.2) is 0 Å². The highest BCUT2D eigenvalue weighted by molar-refractivity contribution is 5.20. The molecule has 17 heavy (non-hydrogen) atoms. The number of hydrogen-bond donors (Lipinski definition) is 1. The van der Waals surface area contributed by atoms with E-state index < -0.39 is 0 Å². The van der Waals surface area contributed by atoms with Gasteiger partial charge < -0.3 is 10.1 Å². The van der Waals surface area contributed by atoms with Crippen LogP contribution in [0.25, 0.3) is 0 Å². The monoisotopic (exact) mass is 233 g/mol. The van der Waals surface area contributed by atoms with Gasteiger partial charge in [-0.3, -0.25) is 0 Å². The van der Waals surface area contributed by atoms with E-state index in [1.54, 1.807) is 0 Å². The van der Waals surface area contributed by atoms with E-state index in [1.165, 1.54) is 12.8 Å². The molecule has 1 N–H and O–H groups in total. The lowest BCUT2D eigenvalue weighted by molar-refractivity contribution is -0.0163. The predicted molar refractivity (Wildman–Crippen MR) is 70.6 cm³/mol. The Morgan fingerprint density at radius 1 is 1.24 bits per heavy atom. The van der Waals surface area contributed by atoms with Crippen LogP contribution in [-0.4, -0.2) is 25.3 Å². The molecule has 0 aromatic carbocycles. The molecule has 2 rings (SSSR count). The fraction of sp³-hybridized carbons (Fsp3) is 0.733. The maximum absolute atomic E-state index is 5.15. The molecule has 1 aliphatic carbocycles. The van der Waals surface area contributed by atoms with Gasteiger partial charge in [-0.05, 0) is 33.6 Å². The smallest absolute Gasteiger partial charge is 0.0643 e. The molecular weight excluding hydrogens is 210 g/mol. The van der Waals surface area contributed by atoms with Crippen LogP contribution in [0.4, 0.5) is 0 Å². The van der Waals surface area contributed by atoms with E-state index in [1.807, 2.05) is 6.92 Å². The summed E-state index contributed by atoms with van der Waals surface area (Å²) in [6.45, 7) is 8.16. The highest BCUT2D eigenvalue weighted by Gasteiger charge is 2.31. The molecule has 0 spiro atoms. The number of nitrogens with one attached hydrogen (secondary N) is 1. The molecule has 0 unspecified atom stereocenters. The Hall–Kier alpha value is -0.780. The zero-order valence-corrected chi connectivity index (χ0v) is 11.1. The van der Waals surface area contributed by atoms with Gasteiger partial charge in [-0.25, -0.2) is 0 Å². The first-order chi connectivity index (χ1) is 8.09. The number of rotatable bonds is 3. The first-order valence-electron chi connectivity index (χ1n) is 6.59. The van der Waals surface area contributed by atoms with Crippen molar-refractivity contribution in [3.05, 3.63) is 12.2 Å². The molecule has 0 bridgehead atoms. The lowest BCUT2D eigenvalue weighted by Crippen LogP contribution is -2.54. The molecule has 2 nitrogen and oxygen atoms in total. The second-order valence-electron chi connectivity index (χ2n) is 5.76. The van der Waals surface area contributed by atoms with Crippen LogP contribution in [0.15, 0.2) is 12.2 Å². The molecule has 1 aliphatic heterocycles. The van der Waals surface area contributed by atoms with Crippen LogP contribution in [0.2, 0.25) is 0 Å². The average Bonchev–Trinajstić information content (AvgIpc) is 2.11. The number of hydrogen-bond acceptors (Lipinski definition) is 2. The molecule has 0 radical (unpaired) electrons. The molecule has 1 saturated heterocycles. The Kier molecular flexibility index (Phi) is 3.91. The molecule has 2 aliphatic rings. The third-order valence-corrected chi connectivity index (χ3v) is 3.43.